The summed E-state index contributed by atoms with van der Waals surface area (Å²) in [7, 11) is 0. The van der Waals surface area contributed by atoms with Crippen LogP contribution < -0.4 is 0 Å². The smallest absolute Gasteiger partial charge is 0.125 e. The van der Waals surface area contributed by atoms with Gasteiger partial charge < -0.3 is 0 Å². The summed E-state index contributed by atoms with van der Waals surface area (Å²) < 4.78 is 12.9. The average Bonchev–Trinajstić information content (AvgIpc) is 1.94. The minimum atomic E-state index is -0.780. The highest BCUT2D eigenvalue weighted by Gasteiger charge is 2.16. The highest BCUT2D eigenvalue weighted by molar-refractivity contribution is 5.27. The molecule has 1 rings (SSSR count). The van der Waals surface area contributed by atoms with Crippen LogP contribution in [0.25, 0.3) is 0 Å². The number of allylic oxidation sites excluding steroid dienone is 4. The van der Waals surface area contributed by atoms with Gasteiger partial charge in [0.05, 0.1) is 0 Å². The van der Waals surface area contributed by atoms with Gasteiger partial charge >= 0.3 is 0 Å². The second-order valence-corrected chi connectivity index (χ2v) is 3.48. The standard InChI is InChI=1S/C10H15F/c1-7(2)9-4-5-10(11)8(3)6-9/h4-8,10H,1-3H3. The molecular formula is C10H15F. The van der Waals surface area contributed by atoms with E-state index in [1.807, 2.05) is 19.1 Å². The summed E-state index contributed by atoms with van der Waals surface area (Å²) in [5.41, 5.74) is 1.26. The molecule has 0 heterocycles. The molecular weight excluding hydrogens is 139 g/mol. The van der Waals surface area contributed by atoms with E-state index >= 15 is 0 Å². The number of hydrogen-bond donors (Lipinski definition) is 0. The molecule has 0 bridgehead atoms. The second kappa shape index (κ2) is 3.21. The van der Waals surface area contributed by atoms with E-state index in [2.05, 4.69) is 13.8 Å². The molecule has 2 unspecified atom stereocenters. The Hall–Kier alpha value is -0.590. The lowest BCUT2D eigenvalue weighted by atomic mass is 9.91. The normalized spacial score (nSPS) is 30.8. The Morgan fingerprint density at radius 1 is 1.45 bits per heavy atom. The first-order valence-electron chi connectivity index (χ1n) is 4.15. The van der Waals surface area contributed by atoms with E-state index in [1.54, 1.807) is 6.08 Å². The Balaban J connectivity index is 2.72. The van der Waals surface area contributed by atoms with Crippen LogP contribution in [-0.2, 0) is 0 Å². The number of alkyl halides is 1. The number of rotatable bonds is 1. The predicted octanol–water partition coefficient (Wildman–Crippen LogP) is 3.11. The molecule has 0 saturated heterocycles. The SMILES string of the molecule is CC(C)C1=CC(C)C(F)C=C1. The first kappa shape index (κ1) is 8.51. The van der Waals surface area contributed by atoms with Gasteiger partial charge in [0.15, 0.2) is 0 Å². The van der Waals surface area contributed by atoms with Gasteiger partial charge in [-0.1, -0.05) is 32.9 Å². The van der Waals surface area contributed by atoms with Crippen molar-refractivity contribution in [1.29, 1.82) is 0 Å². The second-order valence-electron chi connectivity index (χ2n) is 3.48. The fourth-order valence-corrected chi connectivity index (χ4v) is 1.21. The van der Waals surface area contributed by atoms with Gasteiger partial charge in [-0.25, -0.2) is 4.39 Å². The average molecular weight is 154 g/mol. The van der Waals surface area contributed by atoms with E-state index in [0.29, 0.717) is 5.92 Å². The third-order valence-corrected chi connectivity index (χ3v) is 2.10. The van der Waals surface area contributed by atoms with Crippen LogP contribution in [0.15, 0.2) is 23.8 Å². The first-order valence-corrected chi connectivity index (χ1v) is 4.15. The van der Waals surface area contributed by atoms with Crippen molar-refractivity contribution < 1.29 is 4.39 Å². The maximum Gasteiger partial charge on any atom is 0.125 e. The van der Waals surface area contributed by atoms with Crippen LogP contribution in [0.2, 0.25) is 0 Å². The van der Waals surface area contributed by atoms with Crippen molar-refractivity contribution in [1.82, 2.24) is 0 Å². The Morgan fingerprint density at radius 2 is 2.09 bits per heavy atom. The summed E-state index contributed by atoms with van der Waals surface area (Å²) in [6.45, 7) is 6.17. The number of hydrogen-bond acceptors (Lipinski definition) is 0. The minimum absolute atomic E-state index is 0.0531. The van der Waals surface area contributed by atoms with Crippen molar-refractivity contribution in [2.24, 2.45) is 11.8 Å². The van der Waals surface area contributed by atoms with Crippen molar-refractivity contribution >= 4 is 0 Å². The molecule has 0 amide bonds. The molecule has 0 aromatic carbocycles. The van der Waals surface area contributed by atoms with Crippen LogP contribution >= 0.6 is 0 Å². The van der Waals surface area contributed by atoms with Crippen LogP contribution in [-0.4, -0.2) is 6.17 Å². The summed E-state index contributed by atoms with van der Waals surface area (Å²) in [5.74, 6) is 0.568. The quantitative estimate of drug-likeness (QED) is 0.544. The molecule has 1 aliphatic rings. The third kappa shape index (κ3) is 1.92. The Labute approximate surface area is 67.8 Å². The van der Waals surface area contributed by atoms with Crippen molar-refractivity contribution in [3.05, 3.63) is 23.8 Å². The maximum absolute atomic E-state index is 12.9. The Bertz CT molecular complexity index is 189. The molecule has 0 radical (unpaired) electrons. The van der Waals surface area contributed by atoms with Crippen molar-refractivity contribution in [2.75, 3.05) is 0 Å². The van der Waals surface area contributed by atoms with Crippen molar-refractivity contribution in [2.45, 2.75) is 26.9 Å². The molecule has 2 atom stereocenters. The maximum atomic E-state index is 12.9. The van der Waals surface area contributed by atoms with Crippen LogP contribution in [0.3, 0.4) is 0 Å². The number of halogens is 1. The summed E-state index contributed by atoms with van der Waals surface area (Å²) in [6.07, 6.45) is 4.79. The molecule has 0 aromatic rings. The zero-order valence-corrected chi connectivity index (χ0v) is 7.34. The fraction of sp³-hybridized carbons (Fsp3) is 0.600. The minimum Gasteiger partial charge on any atom is -0.242 e. The molecule has 0 spiro atoms. The first-order chi connectivity index (χ1) is 5.11. The van der Waals surface area contributed by atoms with E-state index in [9.17, 15) is 4.39 Å². The van der Waals surface area contributed by atoms with Crippen molar-refractivity contribution in [3.63, 3.8) is 0 Å². The summed E-state index contributed by atoms with van der Waals surface area (Å²) in [4.78, 5) is 0. The van der Waals surface area contributed by atoms with E-state index in [4.69, 9.17) is 0 Å². The lowest BCUT2D eigenvalue weighted by Crippen LogP contribution is -2.12. The van der Waals surface area contributed by atoms with E-state index in [-0.39, 0.29) is 5.92 Å². The molecule has 62 valence electrons. The Morgan fingerprint density at radius 3 is 2.55 bits per heavy atom. The van der Waals surface area contributed by atoms with Gasteiger partial charge in [0.25, 0.3) is 0 Å². The molecule has 0 aromatic heterocycles. The van der Waals surface area contributed by atoms with Gasteiger partial charge in [-0.3, -0.25) is 0 Å². The van der Waals surface area contributed by atoms with Gasteiger partial charge in [-0.05, 0) is 17.6 Å². The van der Waals surface area contributed by atoms with E-state index in [0.717, 1.165) is 0 Å². The molecule has 1 aliphatic carbocycles. The summed E-state index contributed by atoms with van der Waals surface area (Å²) >= 11 is 0. The molecule has 0 nitrogen and oxygen atoms in total. The summed E-state index contributed by atoms with van der Waals surface area (Å²) in [5, 5.41) is 0. The van der Waals surface area contributed by atoms with Crippen molar-refractivity contribution in [3.8, 4) is 0 Å². The van der Waals surface area contributed by atoms with Crippen LogP contribution in [0, 0.1) is 11.8 Å². The zero-order chi connectivity index (χ0) is 8.43. The van der Waals surface area contributed by atoms with Gasteiger partial charge in [0.1, 0.15) is 6.17 Å². The third-order valence-electron chi connectivity index (χ3n) is 2.10. The highest BCUT2D eigenvalue weighted by atomic mass is 19.1. The molecule has 1 heteroatoms. The molecule has 0 aliphatic heterocycles. The predicted molar refractivity (Wildman–Crippen MR) is 46.1 cm³/mol. The van der Waals surface area contributed by atoms with Gasteiger partial charge in [-0.15, -0.1) is 0 Å². The lowest BCUT2D eigenvalue weighted by Gasteiger charge is -2.18. The molecule has 11 heavy (non-hydrogen) atoms. The molecule has 0 N–H and O–H groups in total. The fourth-order valence-electron chi connectivity index (χ4n) is 1.21. The van der Waals surface area contributed by atoms with E-state index < -0.39 is 6.17 Å². The summed E-state index contributed by atoms with van der Waals surface area (Å²) in [6, 6.07) is 0. The highest BCUT2D eigenvalue weighted by Crippen LogP contribution is 2.23. The van der Waals surface area contributed by atoms with Crippen LogP contribution in [0.1, 0.15) is 20.8 Å². The van der Waals surface area contributed by atoms with Crippen LogP contribution in [0.4, 0.5) is 4.39 Å². The van der Waals surface area contributed by atoms with Gasteiger partial charge in [-0.2, -0.15) is 0 Å². The van der Waals surface area contributed by atoms with Gasteiger partial charge in [0, 0.05) is 5.92 Å². The lowest BCUT2D eigenvalue weighted by molar-refractivity contribution is 0.331. The van der Waals surface area contributed by atoms with E-state index in [1.165, 1.54) is 5.57 Å². The Kier molecular flexibility index (Phi) is 2.48. The topological polar surface area (TPSA) is 0 Å². The molecule has 0 saturated carbocycles. The van der Waals surface area contributed by atoms with Crippen LogP contribution in [0.5, 0.6) is 0 Å². The largest absolute Gasteiger partial charge is 0.242 e. The van der Waals surface area contributed by atoms with Gasteiger partial charge in [0.2, 0.25) is 0 Å². The monoisotopic (exact) mass is 154 g/mol. The zero-order valence-electron chi connectivity index (χ0n) is 7.34. The molecule has 0 fully saturated rings.